The molecule has 0 unspecified atom stereocenters. The normalized spacial score (nSPS) is 17.0. The van der Waals surface area contributed by atoms with Gasteiger partial charge >= 0.3 is 0 Å². The first kappa shape index (κ1) is 19.2. The summed E-state index contributed by atoms with van der Waals surface area (Å²) in [7, 11) is 1.89. The van der Waals surface area contributed by atoms with E-state index in [4.69, 9.17) is 0 Å². The van der Waals surface area contributed by atoms with Crippen molar-refractivity contribution in [3.05, 3.63) is 39.3 Å². The Kier molecular flexibility index (Phi) is 5.80. The summed E-state index contributed by atoms with van der Waals surface area (Å²) < 4.78 is 1.82. The number of nitrogens with zero attached hydrogens (tertiary/aromatic N) is 3. The summed E-state index contributed by atoms with van der Waals surface area (Å²) in [6.45, 7) is 1.20. The minimum atomic E-state index is -0.0873. The van der Waals surface area contributed by atoms with Crippen molar-refractivity contribution in [3.63, 3.8) is 0 Å². The standard InChI is InChI=1S/C21H28N4O2S/c1-24-18-11-12-25(19(26)10-4-8-16-9-5-13-28-16)14-17(18)20(23-24)21(27)22-15-6-2-3-7-15/h5,9,13,15H,2-4,6-8,10-12,14H2,1H3,(H,22,27). The summed E-state index contributed by atoms with van der Waals surface area (Å²) in [4.78, 5) is 28.7. The number of aryl methyl sites for hydroxylation is 2. The zero-order valence-corrected chi connectivity index (χ0v) is 17.3. The van der Waals surface area contributed by atoms with Gasteiger partial charge in [0.05, 0.1) is 0 Å². The van der Waals surface area contributed by atoms with Gasteiger partial charge in [0.15, 0.2) is 5.69 Å². The molecule has 150 valence electrons. The molecular weight excluding hydrogens is 372 g/mol. The number of carbonyl (C=O) groups is 2. The van der Waals surface area contributed by atoms with Crippen LogP contribution in [-0.4, -0.2) is 39.1 Å². The van der Waals surface area contributed by atoms with Crippen molar-refractivity contribution in [1.82, 2.24) is 20.0 Å². The molecule has 6 nitrogen and oxygen atoms in total. The summed E-state index contributed by atoms with van der Waals surface area (Å²) in [6, 6.07) is 4.44. The summed E-state index contributed by atoms with van der Waals surface area (Å²) in [5.41, 5.74) is 2.51. The first-order chi connectivity index (χ1) is 13.6. The molecular formula is C21H28N4O2S. The fraction of sp³-hybridized carbons (Fsp3) is 0.571. The number of nitrogens with one attached hydrogen (secondary N) is 1. The highest BCUT2D eigenvalue weighted by Gasteiger charge is 2.30. The predicted molar refractivity (Wildman–Crippen MR) is 109 cm³/mol. The van der Waals surface area contributed by atoms with Gasteiger partial charge in [-0.1, -0.05) is 18.9 Å². The molecule has 0 atom stereocenters. The van der Waals surface area contributed by atoms with E-state index in [0.29, 0.717) is 25.2 Å². The fourth-order valence-corrected chi connectivity index (χ4v) is 5.09. The summed E-state index contributed by atoms with van der Waals surface area (Å²) >= 11 is 1.74. The van der Waals surface area contributed by atoms with Crippen molar-refractivity contribution in [2.45, 2.75) is 64.0 Å². The number of thiophene rings is 1. The molecule has 1 aliphatic carbocycles. The van der Waals surface area contributed by atoms with Gasteiger partial charge in [0.1, 0.15) is 0 Å². The van der Waals surface area contributed by atoms with E-state index >= 15 is 0 Å². The number of carbonyl (C=O) groups excluding carboxylic acids is 2. The molecule has 1 fully saturated rings. The van der Waals surface area contributed by atoms with E-state index in [0.717, 1.165) is 43.4 Å². The second kappa shape index (κ2) is 8.47. The van der Waals surface area contributed by atoms with Gasteiger partial charge in [-0.25, -0.2) is 0 Å². The quantitative estimate of drug-likeness (QED) is 0.810. The van der Waals surface area contributed by atoms with Crippen LogP contribution in [0.2, 0.25) is 0 Å². The van der Waals surface area contributed by atoms with E-state index in [1.807, 2.05) is 16.6 Å². The van der Waals surface area contributed by atoms with Gasteiger partial charge in [0, 0.05) is 55.2 Å². The van der Waals surface area contributed by atoms with Crippen LogP contribution in [0.15, 0.2) is 17.5 Å². The van der Waals surface area contributed by atoms with Gasteiger partial charge in [-0.2, -0.15) is 5.10 Å². The second-order valence-corrected chi connectivity index (χ2v) is 8.88. The highest BCUT2D eigenvalue weighted by atomic mass is 32.1. The van der Waals surface area contributed by atoms with Crippen molar-refractivity contribution < 1.29 is 9.59 Å². The van der Waals surface area contributed by atoms with Crippen LogP contribution in [0.1, 0.15) is 65.1 Å². The first-order valence-corrected chi connectivity index (χ1v) is 11.2. The van der Waals surface area contributed by atoms with Crippen LogP contribution >= 0.6 is 11.3 Å². The van der Waals surface area contributed by atoms with Crippen LogP contribution in [0.3, 0.4) is 0 Å². The molecule has 1 aliphatic heterocycles. The lowest BCUT2D eigenvalue weighted by Gasteiger charge is -2.27. The molecule has 28 heavy (non-hydrogen) atoms. The zero-order chi connectivity index (χ0) is 19.5. The number of hydrogen-bond donors (Lipinski definition) is 1. The molecule has 2 amide bonds. The molecule has 0 spiro atoms. The topological polar surface area (TPSA) is 67.2 Å². The van der Waals surface area contributed by atoms with E-state index in [-0.39, 0.29) is 17.9 Å². The Balaban J connectivity index is 1.39. The van der Waals surface area contributed by atoms with Gasteiger partial charge in [-0.05, 0) is 37.1 Å². The molecule has 0 bridgehead atoms. The van der Waals surface area contributed by atoms with Crippen LogP contribution < -0.4 is 5.32 Å². The Bertz CT molecular complexity index is 837. The largest absolute Gasteiger partial charge is 0.348 e. The Labute approximate surface area is 169 Å². The second-order valence-electron chi connectivity index (χ2n) is 7.85. The predicted octanol–water partition coefficient (Wildman–Crippen LogP) is 3.06. The maximum absolute atomic E-state index is 12.8. The zero-order valence-electron chi connectivity index (χ0n) is 16.4. The SMILES string of the molecule is Cn1nc(C(=O)NC2CCCC2)c2c1CCN(C(=O)CCCc1cccs1)C2. The van der Waals surface area contributed by atoms with Gasteiger partial charge < -0.3 is 10.2 Å². The van der Waals surface area contributed by atoms with Crippen LogP contribution in [0.5, 0.6) is 0 Å². The lowest BCUT2D eigenvalue weighted by molar-refractivity contribution is -0.132. The van der Waals surface area contributed by atoms with Crippen molar-refractivity contribution in [2.24, 2.45) is 7.05 Å². The first-order valence-electron chi connectivity index (χ1n) is 10.3. The Hall–Kier alpha value is -2.15. The van der Waals surface area contributed by atoms with Gasteiger partial charge in [0.25, 0.3) is 5.91 Å². The van der Waals surface area contributed by atoms with Crippen LogP contribution in [0.4, 0.5) is 0 Å². The number of fused-ring (bicyclic) bond motifs is 1. The third kappa shape index (κ3) is 4.14. The van der Waals surface area contributed by atoms with Crippen LogP contribution in [-0.2, 0) is 31.2 Å². The maximum atomic E-state index is 12.8. The van der Waals surface area contributed by atoms with Crippen molar-refractivity contribution in [2.75, 3.05) is 6.54 Å². The molecule has 0 saturated heterocycles. The Morgan fingerprint density at radius 1 is 1.32 bits per heavy atom. The molecule has 7 heteroatoms. The summed E-state index contributed by atoms with van der Waals surface area (Å²) in [5, 5.41) is 9.70. The van der Waals surface area contributed by atoms with E-state index in [1.54, 1.807) is 11.3 Å². The molecule has 2 aromatic heterocycles. The monoisotopic (exact) mass is 400 g/mol. The van der Waals surface area contributed by atoms with E-state index in [2.05, 4.69) is 27.9 Å². The third-order valence-electron chi connectivity index (χ3n) is 5.89. The Morgan fingerprint density at radius 2 is 2.14 bits per heavy atom. The van der Waals surface area contributed by atoms with Crippen molar-refractivity contribution in [3.8, 4) is 0 Å². The molecule has 3 heterocycles. The van der Waals surface area contributed by atoms with Gasteiger partial charge in [-0.3, -0.25) is 14.3 Å². The fourth-order valence-electron chi connectivity index (χ4n) is 4.34. The highest BCUT2D eigenvalue weighted by molar-refractivity contribution is 7.09. The maximum Gasteiger partial charge on any atom is 0.272 e. The van der Waals surface area contributed by atoms with E-state index < -0.39 is 0 Å². The lowest BCUT2D eigenvalue weighted by atomic mass is 10.0. The molecule has 1 saturated carbocycles. The number of rotatable bonds is 6. The minimum absolute atomic E-state index is 0.0873. The average molecular weight is 401 g/mol. The number of amides is 2. The Morgan fingerprint density at radius 3 is 2.89 bits per heavy atom. The molecule has 2 aliphatic rings. The van der Waals surface area contributed by atoms with Gasteiger partial charge in [-0.15, -0.1) is 11.3 Å². The average Bonchev–Trinajstić information content (AvgIpc) is 3.44. The minimum Gasteiger partial charge on any atom is -0.348 e. The smallest absolute Gasteiger partial charge is 0.272 e. The third-order valence-corrected chi connectivity index (χ3v) is 6.83. The van der Waals surface area contributed by atoms with Crippen LogP contribution in [0.25, 0.3) is 0 Å². The molecule has 1 N–H and O–H groups in total. The summed E-state index contributed by atoms with van der Waals surface area (Å²) in [5.74, 6) is 0.0870. The molecule has 4 rings (SSSR count). The molecule has 0 aromatic carbocycles. The molecule has 0 radical (unpaired) electrons. The number of aromatic nitrogens is 2. The lowest BCUT2D eigenvalue weighted by Crippen LogP contribution is -2.38. The van der Waals surface area contributed by atoms with E-state index in [1.165, 1.54) is 17.7 Å². The number of hydrogen-bond acceptors (Lipinski definition) is 4. The molecule has 2 aromatic rings. The highest BCUT2D eigenvalue weighted by Crippen LogP contribution is 2.24. The summed E-state index contributed by atoms with van der Waals surface area (Å²) in [6.07, 6.45) is 7.59. The van der Waals surface area contributed by atoms with Crippen molar-refractivity contribution >= 4 is 23.2 Å². The van der Waals surface area contributed by atoms with Gasteiger partial charge in [0.2, 0.25) is 5.91 Å². The van der Waals surface area contributed by atoms with Crippen LogP contribution in [0, 0.1) is 0 Å². The van der Waals surface area contributed by atoms with E-state index in [9.17, 15) is 9.59 Å². The van der Waals surface area contributed by atoms with Crippen molar-refractivity contribution in [1.29, 1.82) is 0 Å².